The lowest BCUT2D eigenvalue weighted by Crippen LogP contribution is -2.27. The molecular formula is C17H14N2O5. The molecule has 7 heteroatoms. The van der Waals surface area contributed by atoms with Gasteiger partial charge in [0.1, 0.15) is 5.56 Å². The highest BCUT2D eigenvalue weighted by Crippen LogP contribution is 2.19. The zero-order valence-corrected chi connectivity index (χ0v) is 12.6. The van der Waals surface area contributed by atoms with Gasteiger partial charge in [-0.1, -0.05) is 6.07 Å². The van der Waals surface area contributed by atoms with Gasteiger partial charge in [-0.25, -0.2) is 4.79 Å². The van der Waals surface area contributed by atoms with Gasteiger partial charge < -0.3 is 15.4 Å². The normalized spacial score (nSPS) is 13.2. The number of amides is 1. The quantitative estimate of drug-likeness (QED) is 0.796. The smallest absolute Gasteiger partial charge is 0.335 e. The molecule has 0 saturated carbocycles. The van der Waals surface area contributed by atoms with Gasteiger partial charge in [-0.05, 0) is 37.1 Å². The van der Waals surface area contributed by atoms with Crippen LogP contribution in [0.2, 0.25) is 0 Å². The summed E-state index contributed by atoms with van der Waals surface area (Å²) in [6.07, 6.45) is 1.66. The molecule has 0 bridgehead atoms. The van der Waals surface area contributed by atoms with E-state index in [4.69, 9.17) is 5.11 Å². The Kier molecular flexibility index (Phi) is 3.99. The molecule has 0 radical (unpaired) electrons. The molecule has 3 N–H and O–H groups in total. The van der Waals surface area contributed by atoms with Crippen molar-refractivity contribution in [3.05, 3.63) is 63.1 Å². The fourth-order valence-electron chi connectivity index (χ4n) is 2.67. The molecule has 7 nitrogen and oxygen atoms in total. The van der Waals surface area contributed by atoms with Crippen LogP contribution < -0.4 is 10.9 Å². The molecule has 1 aromatic carbocycles. The number of Topliss-reactive ketones (excluding diaryl/α,β-unsaturated/α-hetero) is 1. The standard InChI is InChI=1S/C17H14N2O5/c20-14-6-2-5-13-11(14)8-12(16(22)19-13)15(21)18-10-4-1-3-9(7-10)17(23)24/h1,3-4,7-8H,2,5-6H2,(H,18,21)(H,19,22)(H,23,24). The van der Waals surface area contributed by atoms with E-state index in [1.807, 2.05) is 0 Å². The van der Waals surface area contributed by atoms with Crippen LogP contribution in [0.1, 0.15) is 49.6 Å². The molecule has 3 rings (SSSR count). The highest BCUT2D eigenvalue weighted by atomic mass is 16.4. The molecule has 0 aliphatic heterocycles. The maximum Gasteiger partial charge on any atom is 0.335 e. The molecule has 1 aliphatic carbocycles. The third-order valence-corrected chi connectivity index (χ3v) is 3.87. The molecular weight excluding hydrogens is 312 g/mol. The fourth-order valence-corrected chi connectivity index (χ4v) is 2.67. The van der Waals surface area contributed by atoms with E-state index in [2.05, 4.69) is 10.3 Å². The molecule has 0 fully saturated rings. The molecule has 0 unspecified atom stereocenters. The van der Waals surface area contributed by atoms with Crippen molar-refractivity contribution in [1.29, 1.82) is 0 Å². The van der Waals surface area contributed by atoms with Gasteiger partial charge in [0.15, 0.2) is 5.78 Å². The summed E-state index contributed by atoms with van der Waals surface area (Å²) in [6, 6.07) is 6.99. The monoisotopic (exact) mass is 326 g/mol. The molecule has 122 valence electrons. The SMILES string of the molecule is O=C(O)c1cccc(NC(=O)c2cc3c([nH]c2=O)CCCC3=O)c1. The molecule has 0 atom stereocenters. The highest BCUT2D eigenvalue weighted by molar-refractivity contribution is 6.07. The Hall–Kier alpha value is -3.22. The van der Waals surface area contributed by atoms with Crippen LogP contribution in [0.5, 0.6) is 0 Å². The molecule has 1 aromatic heterocycles. The summed E-state index contributed by atoms with van der Waals surface area (Å²) in [5, 5.41) is 11.4. The number of aromatic carboxylic acids is 1. The number of hydrogen-bond donors (Lipinski definition) is 3. The van der Waals surface area contributed by atoms with Gasteiger partial charge in [-0.3, -0.25) is 14.4 Å². The molecule has 1 heterocycles. The maximum atomic E-state index is 12.3. The Balaban J connectivity index is 1.92. The van der Waals surface area contributed by atoms with Crippen LogP contribution in [0.25, 0.3) is 0 Å². The summed E-state index contributed by atoms with van der Waals surface area (Å²) < 4.78 is 0. The number of rotatable bonds is 3. The van der Waals surface area contributed by atoms with E-state index < -0.39 is 17.4 Å². The number of carbonyl (C=O) groups excluding carboxylic acids is 2. The van der Waals surface area contributed by atoms with Crippen molar-refractivity contribution in [2.24, 2.45) is 0 Å². The van der Waals surface area contributed by atoms with Crippen LogP contribution in [0.15, 0.2) is 35.1 Å². The number of fused-ring (bicyclic) bond motifs is 1. The zero-order valence-electron chi connectivity index (χ0n) is 12.6. The van der Waals surface area contributed by atoms with Gasteiger partial charge >= 0.3 is 5.97 Å². The van der Waals surface area contributed by atoms with Gasteiger partial charge in [-0.15, -0.1) is 0 Å². The van der Waals surface area contributed by atoms with E-state index in [1.165, 1.54) is 30.3 Å². The topological polar surface area (TPSA) is 116 Å². The number of aryl methyl sites for hydroxylation is 1. The number of pyridine rings is 1. The lowest BCUT2D eigenvalue weighted by molar-refractivity contribution is 0.0696. The van der Waals surface area contributed by atoms with Gasteiger partial charge in [0.2, 0.25) is 0 Å². The first-order chi connectivity index (χ1) is 11.5. The molecule has 2 aromatic rings. The predicted octanol–water partition coefficient (Wildman–Crippen LogP) is 1.84. The van der Waals surface area contributed by atoms with E-state index in [1.54, 1.807) is 0 Å². The van der Waals surface area contributed by atoms with E-state index in [0.717, 1.165) is 0 Å². The maximum absolute atomic E-state index is 12.3. The van der Waals surface area contributed by atoms with Crippen molar-refractivity contribution in [3.8, 4) is 0 Å². The number of anilines is 1. The third-order valence-electron chi connectivity index (χ3n) is 3.87. The Morgan fingerprint density at radius 3 is 2.67 bits per heavy atom. The van der Waals surface area contributed by atoms with Crippen LogP contribution >= 0.6 is 0 Å². The number of carbonyl (C=O) groups is 3. The van der Waals surface area contributed by atoms with Crippen molar-refractivity contribution >= 4 is 23.3 Å². The summed E-state index contributed by atoms with van der Waals surface area (Å²) in [7, 11) is 0. The van der Waals surface area contributed by atoms with Crippen molar-refractivity contribution in [2.45, 2.75) is 19.3 Å². The van der Waals surface area contributed by atoms with Crippen molar-refractivity contribution in [3.63, 3.8) is 0 Å². The second kappa shape index (κ2) is 6.11. The number of aromatic nitrogens is 1. The van der Waals surface area contributed by atoms with Crippen LogP contribution in [0.3, 0.4) is 0 Å². The van der Waals surface area contributed by atoms with Crippen molar-refractivity contribution in [1.82, 2.24) is 4.98 Å². The van der Waals surface area contributed by atoms with Crippen molar-refractivity contribution < 1.29 is 19.5 Å². The minimum Gasteiger partial charge on any atom is -0.478 e. The number of aromatic amines is 1. The second-order valence-electron chi connectivity index (χ2n) is 5.52. The van der Waals surface area contributed by atoms with Crippen LogP contribution in [0.4, 0.5) is 5.69 Å². The van der Waals surface area contributed by atoms with Gasteiger partial charge in [0.05, 0.1) is 5.56 Å². The third kappa shape index (κ3) is 2.96. The summed E-state index contributed by atoms with van der Waals surface area (Å²) in [4.78, 5) is 49.9. The van der Waals surface area contributed by atoms with Gasteiger partial charge in [0.25, 0.3) is 11.5 Å². The summed E-state index contributed by atoms with van der Waals surface area (Å²) in [6.45, 7) is 0. The number of H-pyrrole nitrogens is 1. The first kappa shape index (κ1) is 15.7. The highest BCUT2D eigenvalue weighted by Gasteiger charge is 2.22. The molecule has 1 amide bonds. The number of nitrogens with one attached hydrogen (secondary N) is 2. The lowest BCUT2D eigenvalue weighted by Gasteiger charge is -2.15. The average Bonchev–Trinajstić information content (AvgIpc) is 2.54. The predicted molar refractivity (Wildman–Crippen MR) is 85.7 cm³/mol. The minimum absolute atomic E-state index is 0.0160. The Morgan fingerprint density at radius 2 is 1.92 bits per heavy atom. The molecule has 24 heavy (non-hydrogen) atoms. The van der Waals surface area contributed by atoms with E-state index in [9.17, 15) is 19.2 Å². The number of benzene rings is 1. The van der Waals surface area contributed by atoms with Crippen LogP contribution in [-0.4, -0.2) is 27.8 Å². The Morgan fingerprint density at radius 1 is 1.12 bits per heavy atom. The number of carboxylic acids is 1. The first-order valence-corrected chi connectivity index (χ1v) is 7.40. The first-order valence-electron chi connectivity index (χ1n) is 7.40. The van der Waals surface area contributed by atoms with E-state index >= 15 is 0 Å². The van der Waals surface area contributed by atoms with Crippen molar-refractivity contribution in [2.75, 3.05) is 5.32 Å². The Labute approximate surface area is 136 Å². The Bertz CT molecular complexity index is 913. The number of ketones is 1. The number of hydrogen-bond acceptors (Lipinski definition) is 4. The summed E-state index contributed by atoms with van der Waals surface area (Å²) in [5.74, 6) is -1.92. The summed E-state index contributed by atoms with van der Waals surface area (Å²) in [5.41, 5.74) is 0.441. The van der Waals surface area contributed by atoms with E-state index in [-0.39, 0.29) is 22.6 Å². The van der Waals surface area contributed by atoms with Gasteiger partial charge in [0, 0.05) is 23.4 Å². The minimum atomic E-state index is -1.12. The van der Waals surface area contributed by atoms with Gasteiger partial charge in [-0.2, -0.15) is 0 Å². The molecule has 1 aliphatic rings. The average molecular weight is 326 g/mol. The fraction of sp³-hybridized carbons (Fsp3) is 0.176. The largest absolute Gasteiger partial charge is 0.478 e. The summed E-state index contributed by atoms with van der Waals surface area (Å²) >= 11 is 0. The number of carboxylic acid groups (broad SMARTS) is 1. The van der Waals surface area contributed by atoms with Crippen LogP contribution in [0, 0.1) is 0 Å². The lowest BCUT2D eigenvalue weighted by atomic mass is 9.93. The molecule has 0 saturated heterocycles. The zero-order chi connectivity index (χ0) is 17.3. The molecule has 0 spiro atoms. The second-order valence-corrected chi connectivity index (χ2v) is 5.52. The van der Waals surface area contributed by atoms with Crippen LogP contribution in [-0.2, 0) is 6.42 Å². The van der Waals surface area contributed by atoms with E-state index in [0.29, 0.717) is 30.5 Å².